The van der Waals surface area contributed by atoms with Crippen LogP contribution in [0.1, 0.15) is 26.0 Å². The largest absolute Gasteiger partial charge is 0.433 e. The van der Waals surface area contributed by atoms with Crippen LogP contribution in [0.4, 0.5) is 19.0 Å². The van der Waals surface area contributed by atoms with Gasteiger partial charge in [-0.25, -0.2) is 4.98 Å². The SMILES string of the molecule is CC(C)OCCCNc1cc(C(F)(F)F)nc2ncnn12. The summed E-state index contributed by atoms with van der Waals surface area (Å²) in [5.41, 5.74) is -0.996. The van der Waals surface area contributed by atoms with E-state index in [-0.39, 0.29) is 17.7 Å². The summed E-state index contributed by atoms with van der Waals surface area (Å²) in [6.07, 6.45) is -2.57. The molecular formula is C12H16F3N5O. The van der Waals surface area contributed by atoms with Gasteiger partial charge in [-0.05, 0) is 20.3 Å². The van der Waals surface area contributed by atoms with E-state index in [0.717, 1.165) is 12.4 Å². The monoisotopic (exact) mass is 303 g/mol. The molecule has 0 aliphatic heterocycles. The van der Waals surface area contributed by atoms with Crippen LogP contribution >= 0.6 is 0 Å². The van der Waals surface area contributed by atoms with Gasteiger partial charge in [0.15, 0.2) is 5.69 Å². The van der Waals surface area contributed by atoms with Crippen LogP contribution in [0, 0.1) is 0 Å². The van der Waals surface area contributed by atoms with Gasteiger partial charge in [0, 0.05) is 19.2 Å². The van der Waals surface area contributed by atoms with Crippen LogP contribution in [-0.4, -0.2) is 38.8 Å². The van der Waals surface area contributed by atoms with Crippen molar-refractivity contribution in [3.63, 3.8) is 0 Å². The Kier molecular flexibility index (Phi) is 4.61. The van der Waals surface area contributed by atoms with Crippen molar-refractivity contribution >= 4 is 11.6 Å². The summed E-state index contributed by atoms with van der Waals surface area (Å²) in [4.78, 5) is 7.13. The van der Waals surface area contributed by atoms with Crippen LogP contribution in [0.2, 0.25) is 0 Å². The molecule has 0 atom stereocenters. The molecule has 0 spiro atoms. The number of anilines is 1. The molecule has 2 rings (SSSR count). The highest BCUT2D eigenvalue weighted by molar-refractivity contribution is 5.45. The van der Waals surface area contributed by atoms with Crippen LogP contribution in [0.5, 0.6) is 0 Å². The number of nitrogens with zero attached hydrogens (tertiary/aromatic N) is 4. The Morgan fingerprint density at radius 1 is 1.38 bits per heavy atom. The number of alkyl halides is 3. The third-order valence-electron chi connectivity index (χ3n) is 2.62. The first-order chi connectivity index (χ1) is 9.88. The number of hydrogen-bond acceptors (Lipinski definition) is 5. The van der Waals surface area contributed by atoms with Crippen LogP contribution in [-0.2, 0) is 10.9 Å². The van der Waals surface area contributed by atoms with Gasteiger partial charge in [0.25, 0.3) is 5.78 Å². The minimum absolute atomic E-state index is 0.0919. The molecule has 0 radical (unpaired) electrons. The summed E-state index contributed by atoms with van der Waals surface area (Å²) in [5, 5.41) is 6.75. The van der Waals surface area contributed by atoms with Crippen molar-refractivity contribution in [1.29, 1.82) is 0 Å². The molecule has 2 aromatic heterocycles. The normalized spacial score (nSPS) is 12.3. The zero-order valence-corrected chi connectivity index (χ0v) is 11.7. The van der Waals surface area contributed by atoms with Gasteiger partial charge < -0.3 is 10.1 Å². The minimum Gasteiger partial charge on any atom is -0.379 e. The van der Waals surface area contributed by atoms with Crippen molar-refractivity contribution in [2.24, 2.45) is 0 Å². The minimum atomic E-state index is -4.52. The maximum atomic E-state index is 12.8. The fourth-order valence-electron chi connectivity index (χ4n) is 1.69. The maximum Gasteiger partial charge on any atom is 0.433 e. The lowest BCUT2D eigenvalue weighted by atomic mass is 10.3. The number of halogens is 3. The molecule has 116 valence electrons. The van der Waals surface area contributed by atoms with Crippen molar-refractivity contribution in [1.82, 2.24) is 19.6 Å². The summed E-state index contributed by atoms with van der Waals surface area (Å²) in [6, 6.07) is 0.922. The quantitative estimate of drug-likeness (QED) is 0.830. The van der Waals surface area contributed by atoms with Gasteiger partial charge in [-0.1, -0.05) is 0 Å². The molecule has 0 saturated carbocycles. The second-order valence-electron chi connectivity index (χ2n) is 4.70. The first-order valence-corrected chi connectivity index (χ1v) is 6.51. The third kappa shape index (κ3) is 4.03. The summed E-state index contributed by atoms with van der Waals surface area (Å²) in [5.74, 6) is 0.111. The Hall–Kier alpha value is -1.90. The van der Waals surface area contributed by atoms with Gasteiger partial charge in [0.05, 0.1) is 6.10 Å². The van der Waals surface area contributed by atoms with Crippen LogP contribution in [0.25, 0.3) is 5.78 Å². The van der Waals surface area contributed by atoms with E-state index in [4.69, 9.17) is 4.74 Å². The molecule has 0 bridgehead atoms. The smallest absolute Gasteiger partial charge is 0.379 e. The van der Waals surface area contributed by atoms with Crippen molar-refractivity contribution in [2.75, 3.05) is 18.5 Å². The Labute approximate surface area is 119 Å². The van der Waals surface area contributed by atoms with Gasteiger partial charge in [0.2, 0.25) is 0 Å². The molecule has 0 aromatic carbocycles. The van der Waals surface area contributed by atoms with Gasteiger partial charge >= 0.3 is 6.18 Å². The zero-order chi connectivity index (χ0) is 15.5. The fraction of sp³-hybridized carbons (Fsp3) is 0.583. The number of aromatic nitrogens is 4. The molecule has 6 nitrogen and oxygen atoms in total. The van der Waals surface area contributed by atoms with Crippen molar-refractivity contribution in [3.8, 4) is 0 Å². The van der Waals surface area contributed by atoms with E-state index in [0.29, 0.717) is 19.6 Å². The maximum absolute atomic E-state index is 12.8. The molecule has 0 fully saturated rings. The van der Waals surface area contributed by atoms with Crippen LogP contribution < -0.4 is 5.32 Å². The Morgan fingerprint density at radius 3 is 2.81 bits per heavy atom. The highest BCUT2D eigenvalue weighted by Gasteiger charge is 2.34. The lowest BCUT2D eigenvalue weighted by Gasteiger charge is -2.12. The predicted octanol–water partition coefficient (Wildman–Crippen LogP) is 2.37. The van der Waals surface area contributed by atoms with E-state index in [1.807, 2.05) is 13.8 Å². The predicted molar refractivity (Wildman–Crippen MR) is 70.0 cm³/mol. The highest BCUT2D eigenvalue weighted by atomic mass is 19.4. The molecular weight excluding hydrogens is 287 g/mol. The topological polar surface area (TPSA) is 64.3 Å². The first-order valence-electron chi connectivity index (χ1n) is 6.51. The average Bonchev–Trinajstić information content (AvgIpc) is 2.85. The molecule has 2 aromatic rings. The summed E-state index contributed by atoms with van der Waals surface area (Å²) in [6.45, 7) is 4.83. The third-order valence-corrected chi connectivity index (χ3v) is 2.62. The lowest BCUT2D eigenvalue weighted by Crippen LogP contribution is -2.15. The van der Waals surface area contributed by atoms with E-state index >= 15 is 0 Å². The Morgan fingerprint density at radius 2 is 2.14 bits per heavy atom. The standard InChI is InChI=1S/C12H16F3N5O/c1-8(2)21-5-3-4-16-10-6-9(12(13,14)15)19-11-17-7-18-20(10)11/h6-8,16H,3-5H2,1-2H3. The molecule has 21 heavy (non-hydrogen) atoms. The summed E-state index contributed by atoms with van der Waals surface area (Å²) >= 11 is 0. The molecule has 0 saturated heterocycles. The van der Waals surface area contributed by atoms with Gasteiger partial charge in [-0.15, -0.1) is 0 Å². The number of fused-ring (bicyclic) bond motifs is 1. The number of ether oxygens (including phenoxy) is 1. The van der Waals surface area contributed by atoms with E-state index in [1.54, 1.807) is 0 Å². The second-order valence-corrected chi connectivity index (χ2v) is 4.70. The van der Waals surface area contributed by atoms with Gasteiger partial charge in [0.1, 0.15) is 12.1 Å². The molecule has 2 heterocycles. The molecule has 0 aliphatic rings. The number of hydrogen-bond donors (Lipinski definition) is 1. The van der Waals surface area contributed by atoms with E-state index in [1.165, 1.54) is 4.52 Å². The average molecular weight is 303 g/mol. The Balaban J connectivity index is 2.09. The van der Waals surface area contributed by atoms with Crippen molar-refractivity contribution in [3.05, 3.63) is 18.1 Å². The molecule has 0 amide bonds. The first kappa shape index (κ1) is 15.5. The van der Waals surface area contributed by atoms with Gasteiger partial charge in [-0.2, -0.15) is 27.8 Å². The molecule has 9 heteroatoms. The van der Waals surface area contributed by atoms with E-state index in [2.05, 4.69) is 20.4 Å². The van der Waals surface area contributed by atoms with Crippen LogP contribution in [0.3, 0.4) is 0 Å². The summed E-state index contributed by atoms with van der Waals surface area (Å²) in [7, 11) is 0. The highest BCUT2D eigenvalue weighted by Crippen LogP contribution is 2.29. The molecule has 0 aliphatic carbocycles. The van der Waals surface area contributed by atoms with Crippen molar-refractivity contribution in [2.45, 2.75) is 32.5 Å². The lowest BCUT2D eigenvalue weighted by molar-refractivity contribution is -0.141. The second kappa shape index (κ2) is 6.25. The number of nitrogens with one attached hydrogen (secondary N) is 1. The molecule has 0 unspecified atom stereocenters. The van der Waals surface area contributed by atoms with Crippen LogP contribution in [0.15, 0.2) is 12.4 Å². The van der Waals surface area contributed by atoms with Crippen molar-refractivity contribution < 1.29 is 17.9 Å². The van der Waals surface area contributed by atoms with E-state index < -0.39 is 11.9 Å². The number of rotatable bonds is 6. The Bertz CT molecular complexity index is 596. The molecule has 1 N–H and O–H groups in total. The van der Waals surface area contributed by atoms with E-state index in [9.17, 15) is 13.2 Å². The summed E-state index contributed by atoms with van der Waals surface area (Å²) < 4.78 is 44.9. The fourth-order valence-corrected chi connectivity index (χ4v) is 1.69. The van der Waals surface area contributed by atoms with Gasteiger partial charge in [-0.3, -0.25) is 0 Å². The zero-order valence-electron chi connectivity index (χ0n) is 11.7.